The summed E-state index contributed by atoms with van der Waals surface area (Å²) in [5.41, 5.74) is 0.831. The molecule has 0 saturated heterocycles. The molecular formula is C9H10N2O. The standard InChI is InChI=1S/C9H10N2O/c1-2-6-12-9(3-1)8-7-10-4-5-11-8/h3-5,7H,1-2,6H2. The van der Waals surface area contributed by atoms with Crippen molar-refractivity contribution in [3.63, 3.8) is 0 Å². The van der Waals surface area contributed by atoms with Crippen LogP contribution in [0, 0.1) is 0 Å². The van der Waals surface area contributed by atoms with Crippen molar-refractivity contribution in [2.75, 3.05) is 6.61 Å². The first kappa shape index (κ1) is 7.28. The molecule has 2 rings (SSSR count). The molecule has 0 N–H and O–H groups in total. The summed E-state index contributed by atoms with van der Waals surface area (Å²) in [6.07, 6.45) is 9.29. The van der Waals surface area contributed by atoms with Crippen LogP contribution in [0.25, 0.3) is 5.76 Å². The van der Waals surface area contributed by atoms with E-state index in [0.29, 0.717) is 0 Å². The first-order valence-corrected chi connectivity index (χ1v) is 4.06. The van der Waals surface area contributed by atoms with Crippen LogP contribution in [-0.4, -0.2) is 16.6 Å². The molecule has 0 aromatic carbocycles. The maximum Gasteiger partial charge on any atom is 0.142 e. The van der Waals surface area contributed by atoms with Gasteiger partial charge in [0.2, 0.25) is 0 Å². The van der Waals surface area contributed by atoms with Crippen molar-refractivity contribution >= 4 is 5.76 Å². The van der Waals surface area contributed by atoms with E-state index >= 15 is 0 Å². The number of aromatic nitrogens is 2. The van der Waals surface area contributed by atoms with E-state index in [9.17, 15) is 0 Å². The van der Waals surface area contributed by atoms with E-state index in [4.69, 9.17) is 4.74 Å². The van der Waals surface area contributed by atoms with E-state index in [1.54, 1.807) is 18.6 Å². The van der Waals surface area contributed by atoms with Crippen LogP contribution in [0.4, 0.5) is 0 Å². The minimum Gasteiger partial charge on any atom is -0.492 e. The van der Waals surface area contributed by atoms with Gasteiger partial charge in [-0.1, -0.05) is 0 Å². The third-order valence-electron chi connectivity index (χ3n) is 1.75. The quantitative estimate of drug-likeness (QED) is 0.629. The summed E-state index contributed by atoms with van der Waals surface area (Å²) in [6, 6.07) is 0. The smallest absolute Gasteiger partial charge is 0.142 e. The summed E-state index contributed by atoms with van der Waals surface area (Å²) in [5, 5.41) is 0. The lowest BCUT2D eigenvalue weighted by atomic mass is 10.2. The van der Waals surface area contributed by atoms with Gasteiger partial charge in [-0.2, -0.15) is 0 Å². The molecule has 0 amide bonds. The zero-order valence-corrected chi connectivity index (χ0v) is 6.73. The second kappa shape index (κ2) is 3.34. The maximum absolute atomic E-state index is 5.42. The first-order chi connectivity index (χ1) is 5.97. The Labute approximate surface area is 71.1 Å². The van der Waals surface area contributed by atoms with Crippen molar-refractivity contribution in [3.05, 3.63) is 30.4 Å². The Hall–Kier alpha value is -1.38. The predicted octanol–water partition coefficient (Wildman–Crippen LogP) is 1.63. The molecule has 1 aliphatic heterocycles. The predicted molar refractivity (Wildman–Crippen MR) is 45.2 cm³/mol. The fraction of sp³-hybridized carbons (Fsp3) is 0.333. The van der Waals surface area contributed by atoms with Gasteiger partial charge in [-0.05, 0) is 18.9 Å². The van der Waals surface area contributed by atoms with Gasteiger partial charge in [0, 0.05) is 12.4 Å². The normalized spacial score (nSPS) is 16.5. The van der Waals surface area contributed by atoms with Crippen molar-refractivity contribution in [1.29, 1.82) is 0 Å². The molecule has 12 heavy (non-hydrogen) atoms. The zero-order valence-electron chi connectivity index (χ0n) is 6.73. The molecule has 0 unspecified atom stereocenters. The second-order valence-corrected chi connectivity index (χ2v) is 2.65. The average Bonchev–Trinajstić information content (AvgIpc) is 2.21. The Morgan fingerprint density at radius 1 is 1.33 bits per heavy atom. The highest BCUT2D eigenvalue weighted by atomic mass is 16.5. The van der Waals surface area contributed by atoms with Gasteiger partial charge in [-0.25, -0.2) is 4.98 Å². The van der Waals surface area contributed by atoms with Gasteiger partial charge < -0.3 is 4.74 Å². The molecule has 2 heterocycles. The van der Waals surface area contributed by atoms with Crippen molar-refractivity contribution in [1.82, 2.24) is 9.97 Å². The number of hydrogen-bond donors (Lipinski definition) is 0. The van der Waals surface area contributed by atoms with Gasteiger partial charge in [0.25, 0.3) is 0 Å². The number of nitrogens with zero attached hydrogens (tertiary/aromatic N) is 2. The molecule has 0 saturated carbocycles. The van der Waals surface area contributed by atoms with E-state index in [-0.39, 0.29) is 0 Å². The largest absolute Gasteiger partial charge is 0.492 e. The van der Waals surface area contributed by atoms with Crippen molar-refractivity contribution in [2.45, 2.75) is 12.8 Å². The third kappa shape index (κ3) is 1.44. The molecule has 62 valence electrons. The summed E-state index contributed by atoms with van der Waals surface area (Å²) >= 11 is 0. The molecular weight excluding hydrogens is 152 g/mol. The third-order valence-corrected chi connectivity index (χ3v) is 1.75. The highest BCUT2D eigenvalue weighted by molar-refractivity contribution is 5.55. The van der Waals surface area contributed by atoms with Gasteiger partial charge >= 0.3 is 0 Å². The van der Waals surface area contributed by atoms with Crippen molar-refractivity contribution < 1.29 is 4.74 Å². The fourth-order valence-corrected chi connectivity index (χ4v) is 1.16. The lowest BCUT2D eigenvalue weighted by molar-refractivity contribution is 0.257. The number of allylic oxidation sites excluding steroid dienone is 1. The minimum absolute atomic E-state index is 0.794. The summed E-state index contributed by atoms with van der Waals surface area (Å²) in [6.45, 7) is 0.794. The number of hydrogen-bond acceptors (Lipinski definition) is 3. The Kier molecular flexibility index (Phi) is 2.03. The molecule has 0 bridgehead atoms. The molecule has 1 aliphatic rings. The Bertz CT molecular complexity index is 282. The maximum atomic E-state index is 5.42. The molecule has 0 fully saturated rings. The van der Waals surface area contributed by atoms with Gasteiger partial charge in [0.05, 0.1) is 12.8 Å². The molecule has 1 aromatic heterocycles. The lowest BCUT2D eigenvalue weighted by Gasteiger charge is -2.13. The van der Waals surface area contributed by atoms with E-state index in [0.717, 1.165) is 30.9 Å². The van der Waals surface area contributed by atoms with Gasteiger partial charge in [-0.3, -0.25) is 4.98 Å². The minimum atomic E-state index is 0.794. The first-order valence-electron chi connectivity index (χ1n) is 4.06. The van der Waals surface area contributed by atoms with Crippen LogP contribution in [-0.2, 0) is 4.74 Å². The highest BCUT2D eigenvalue weighted by Gasteiger charge is 2.07. The van der Waals surface area contributed by atoms with Gasteiger partial charge in [0.1, 0.15) is 11.5 Å². The van der Waals surface area contributed by atoms with Crippen LogP contribution in [0.5, 0.6) is 0 Å². The summed E-state index contributed by atoms with van der Waals surface area (Å²) < 4.78 is 5.42. The fourth-order valence-electron chi connectivity index (χ4n) is 1.16. The van der Waals surface area contributed by atoms with Crippen LogP contribution >= 0.6 is 0 Å². The summed E-state index contributed by atoms with van der Waals surface area (Å²) in [5.74, 6) is 0.870. The van der Waals surface area contributed by atoms with Crippen LogP contribution in [0.3, 0.4) is 0 Å². The van der Waals surface area contributed by atoms with E-state index in [1.165, 1.54) is 0 Å². The van der Waals surface area contributed by atoms with Crippen LogP contribution in [0.2, 0.25) is 0 Å². The molecule has 0 aliphatic carbocycles. The second-order valence-electron chi connectivity index (χ2n) is 2.65. The van der Waals surface area contributed by atoms with Gasteiger partial charge in [0.15, 0.2) is 0 Å². The number of ether oxygens (including phenoxy) is 1. The van der Waals surface area contributed by atoms with Crippen LogP contribution in [0.1, 0.15) is 18.5 Å². The molecule has 3 heteroatoms. The SMILES string of the molecule is C1=C(c2cnccn2)OCCC1. The molecule has 3 nitrogen and oxygen atoms in total. The van der Waals surface area contributed by atoms with Crippen LogP contribution in [0.15, 0.2) is 24.7 Å². The topological polar surface area (TPSA) is 35.0 Å². The van der Waals surface area contributed by atoms with E-state index in [2.05, 4.69) is 16.0 Å². The zero-order chi connectivity index (χ0) is 8.23. The summed E-state index contributed by atoms with van der Waals surface area (Å²) in [7, 11) is 0. The molecule has 0 spiro atoms. The van der Waals surface area contributed by atoms with Crippen molar-refractivity contribution in [3.8, 4) is 0 Å². The van der Waals surface area contributed by atoms with Crippen LogP contribution < -0.4 is 0 Å². The molecule has 0 atom stereocenters. The van der Waals surface area contributed by atoms with E-state index in [1.807, 2.05) is 0 Å². The average molecular weight is 162 g/mol. The Morgan fingerprint density at radius 3 is 3.00 bits per heavy atom. The van der Waals surface area contributed by atoms with Crippen molar-refractivity contribution in [2.24, 2.45) is 0 Å². The van der Waals surface area contributed by atoms with Gasteiger partial charge in [-0.15, -0.1) is 0 Å². The highest BCUT2D eigenvalue weighted by Crippen LogP contribution is 2.17. The monoisotopic (exact) mass is 162 g/mol. The lowest BCUT2D eigenvalue weighted by Crippen LogP contribution is -2.01. The Morgan fingerprint density at radius 2 is 2.33 bits per heavy atom. The molecule has 0 radical (unpaired) electrons. The number of rotatable bonds is 1. The Balaban J connectivity index is 2.24. The summed E-state index contributed by atoms with van der Waals surface area (Å²) in [4.78, 5) is 8.12. The molecule has 1 aromatic rings. The van der Waals surface area contributed by atoms with E-state index < -0.39 is 0 Å².